The van der Waals surface area contributed by atoms with Gasteiger partial charge in [-0.15, -0.1) is 0 Å². The molecule has 2 aromatic carbocycles. The van der Waals surface area contributed by atoms with E-state index in [4.69, 9.17) is 9.72 Å². The molecule has 0 aliphatic carbocycles. The minimum absolute atomic E-state index is 0.163. The van der Waals surface area contributed by atoms with Crippen molar-refractivity contribution < 1.29 is 9.53 Å². The Balaban J connectivity index is 1.26. The van der Waals surface area contributed by atoms with Crippen LogP contribution in [0.2, 0.25) is 0 Å². The molecule has 2 N–H and O–H groups in total. The highest BCUT2D eigenvalue weighted by atomic mass is 32.1. The van der Waals surface area contributed by atoms with Crippen LogP contribution in [0.25, 0.3) is 21.5 Å². The van der Waals surface area contributed by atoms with Crippen molar-refractivity contribution >= 4 is 50.1 Å². The maximum Gasteiger partial charge on any atom is 0.319 e. The Kier molecular flexibility index (Phi) is 8.10. The number of aromatic nitrogens is 3. The van der Waals surface area contributed by atoms with E-state index in [2.05, 4.69) is 81.0 Å². The molecule has 5 aromatic rings. The van der Waals surface area contributed by atoms with Crippen molar-refractivity contribution in [2.45, 2.75) is 20.4 Å². The number of aryl methyl sites for hydroxylation is 1. The van der Waals surface area contributed by atoms with E-state index in [1.54, 1.807) is 13.1 Å². The summed E-state index contributed by atoms with van der Waals surface area (Å²) >= 11 is 1.48. The van der Waals surface area contributed by atoms with Gasteiger partial charge in [-0.25, -0.2) is 15.0 Å². The van der Waals surface area contributed by atoms with Crippen LogP contribution in [-0.4, -0.2) is 41.1 Å². The van der Waals surface area contributed by atoms with Crippen molar-refractivity contribution in [3.8, 4) is 11.1 Å². The number of rotatable bonds is 10. The SMILES string of the molecule is CCOC(=O)CNCc1ccnc(Nc2nc3ccc(N(C)c4ccc(-c5ccccc5C)cc4)nc3s2)c1. The van der Waals surface area contributed by atoms with Gasteiger partial charge < -0.3 is 20.3 Å². The standard InChI is InChI=1S/C30H30N6O2S/c1-4-38-28(37)19-31-18-21-15-16-32-26(17-21)34-30-33-25-13-14-27(35-29(25)39-30)36(3)23-11-9-22(10-12-23)24-8-6-5-7-20(24)2/h5-17,31H,4,18-19H2,1-3H3,(H,32,33,34). The van der Waals surface area contributed by atoms with Crippen LogP contribution in [0.4, 0.5) is 22.5 Å². The zero-order valence-electron chi connectivity index (χ0n) is 22.1. The molecule has 0 saturated carbocycles. The fourth-order valence-corrected chi connectivity index (χ4v) is 5.06. The monoisotopic (exact) mass is 538 g/mol. The summed E-state index contributed by atoms with van der Waals surface area (Å²) in [4.78, 5) is 28.4. The van der Waals surface area contributed by atoms with E-state index in [-0.39, 0.29) is 12.5 Å². The van der Waals surface area contributed by atoms with Gasteiger partial charge in [-0.05, 0) is 72.5 Å². The Morgan fingerprint density at radius 3 is 2.64 bits per heavy atom. The Morgan fingerprint density at radius 2 is 1.85 bits per heavy atom. The van der Waals surface area contributed by atoms with E-state index in [0.29, 0.717) is 24.1 Å². The number of esters is 1. The molecule has 0 aliphatic rings. The Bertz CT molecular complexity index is 1580. The van der Waals surface area contributed by atoms with E-state index in [0.717, 1.165) is 27.4 Å². The summed E-state index contributed by atoms with van der Waals surface area (Å²) in [5.41, 5.74) is 6.56. The Labute approximate surface area is 231 Å². The van der Waals surface area contributed by atoms with Gasteiger partial charge in [0.2, 0.25) is 0 Å². The van der Waals surface area contributed by atoms with Crippen LogP contribution < -0.4 is 15.5 Å². The Morgan fingerprint density at radius 1 is 1.03 bits per heavy atom. The topological polar surface area (TPSA) is 92.3 Å². The third-order valence-electron chi connectivity index (χ3n) is 6.26. The highest BCUT2D eigenvalue weighted by molar-refractivity contribution is 7.21. The molecule has 0 fully saturated rings. The number of fused-ring (bicyclic) bond motifs is 1. The molecule has 9 heteroatoms. The average Bonchev–Trinajstić information content (AvgIpc) is 3.35. The lowest BCUT2D eigenvalue weighted by Crippen LogP contribution is -2.24. The second kappa shape index (κ2) is 12.0. The summed E-state index contributed by atoms with van der Waals surface area (Å²) in [5, 5.41) is 7.08. The van der Waals surface area contributed by atoms with Crippen molar-refractivity contribution in [1.82, 2.24) is 20.3 Å². The third-order valence-corrected chi connectivity index (χ3v) is 7.14. The summed E-state index contributed by atoms with van der Waals surface area (Å²) in [6.07, 6.45) is 1.73. The van der Waals surface area contributed by atoms with Gasteiger partial charge in [0.1, 0.15) is 22.0 Å². The number of hydrogen-bond acceptors (Lipinski definition) is 9. The molecule has 0 bridgehead atoms. The van der Waals surface area contributed by atoms with Gasteiger partial charge in [-0.3, -0.25) is 4.79 Å². The van der Waals surface area contributed by atoms with Gasteiger partial charge >= 0.3 is 5.97 Å². The van der Waals surface area contributed by atoms with Crippen LogP contribution >= 0.6 is 11.3 Å². The van der Waals surface area contributed by atoms with Crippen molar-refractivity contribution in [3.63, 3.8) is 0 Å². The first-order valence-electron chi connectivity index (χ1n) is 12.8. The van der Waals surface area contributed by atoms with Gasteiger partial charge in [0.25, 0.3) is 0 Å². The number of carbonyl (C=O) groups is 1. The third kappa shape index (κ3) is 6.39. The molecule has 0 unspecified atom stereocenters. The summed E-state index contributed by atoms with van der Waals surface area (Å²) in [6.45, 7) is 4.99. The molecule has 198 valence electrons. The van der Waals surface area contributed by atoms with Crippen LogP contribution in [0.1, 0.15) is 18.1 Å². The molecule has 5 rings (SSSR count). The first kappa shape index (κ1) is 26.3. The number of nitrogens with one attached hydrogen (secondary N) is 2. The van der Waals surface area contributed by atoms with Gasteiger partial charge in [0.15, 0.2) is 5.13 Å². The van der Waals surface area contributed by atoms with Crippen LogP contribution in [-0.2, 0) is 16.1 Å². The van der Waals surface area contributed by atoms with Crippen LogP contribution in [0.3, 0.4) is 0 Å². The van der Waals surface area contributed by atoms with Gasteiger partial charge in [-0.2, -0.15) is 0 Å². The molecule has 0 aliphatic heterocycles. The van der Waals surface area contributed by atoms with Crippen LogP contribution in [0.5, 0.6) is 0 Å². The largest absolute Gasteiger partial charge is 0.465 e. The number of thiazole rings is 1. The summed E-state index contributed by atoms with van der Waals surface area (Å²) in [6, 6.07) is 24.7. The molecule has 39 heavy (non-hydrogen) atoms. The minimum Gasteiger partial charge on any atom is -0.465 e. The van der Waals surface area contributed by atoms with E-state index < -0.39 is 0 Å². The molecular weight excluding hydrogens is 508 g/mol. The van der Waals surface area contributed by atoms with Crippen LogP contribution in [0, 0.1) is 6.92 Å². The van der Waals surface area contributed by atoms with Gasteiger partial charge in [-0.1, -0.05) is 47.7 Å². The number of anilines is 4. The zero-order valence-corrected chi connectivity index (χ0v) is 23.0. The maximum absolute atomic E-state index is 11.5. The number of hydrogen-bond donors (Lipinski definition) is 2. The van der Waals surface area contributed by atoms with E-state index in [9.17, 15) is 4.79 Å². The molecule has 0 amide bonds. The number of nitrogens with zero attached hydrogens (tertiary/aromatic N) is 4. The normalized spacial score (nSPS) is 10.9. The van der Waals surface area contributed by atoms with Crippen molar-refractivity contribution in [2.75, 3.05) is 30.4 Å². The molecule has 3 aromatic heterocycles. The van der Waals surface area contributed by atoms with Gasteiger partial charge in [0.05, 0.1) is 13.2 Å². The fraction of sp³-hybridized carbons (Fsp3) is 0.200. The molecule has 0 radical (unpaired) electrons. The fourth-order valence-electron chi connectivity index (χ4n) is 4.22. The predicted molar refractivity (Wildman–Crippen MR) is 158 cm³/mol. The van der Waals surface area contributed by atoms with E-state index >= 15 is 0 Å². The second-order valence-corrected chi connectivity index (χ2v) is 9.99. The molecule has 0 atom stereocenters. The quantitative estimate of drug-likeness (QED) is 0.202. The molecule has 0 saturated heterocycles. The predicted octanol–water partition coefficient (Wildman–Crippen LogP) is 6.23. The first-order valence-corrected chi connectivity index (χ1v) is 13.6. The van der Waals surface area contributed by atoms with Crippen molar-refractivity contribution in [1.29, 1.82) is 0 Å². The number of ether oxygens (including phenoxy) is 1. The summed E-state index contributed by atoms with van der Waals surface area (Å²) < 4.78 is 4.94. The van der Waals surface area contributed by atoms with Crippen LogP contribution in [0.15, 0.2) is 79.0 Å². The highest BCUT2D eigenvalue weighted by Crippen LogP contribution is 2.31. The highest BCUT2D eigenvalue weighted by Gasteiger charge is 2.12. The number of carbonyl (C=O) groups excluding carboxylic acids is 1. The summed E-state index contributed by atoms with van der Waals surface area (Å²) in [5.74, 6) is 1.25. The van der Waals surface area contributed by atoms with E-state index in [1.807, 2.05) is 31.3 Å². The molecule has 0 spiro atoms. The molecule has 8 nitrogen and oxygen atoms in total. The summed E-state index contributed by atoms with van der Waals surface area (Å²) in [7, 11) is 2.02. The lowest BCUT2D eigenvalue weighted by Gasteiger charge is -2.18. The minimum atomic E-state index is -0.267. The second-order valence-electron chi connectivity index (χ2n) is 9.02. The average molecular weight is 539 g/mol. The van der Waals surface area contributed by atoms with Crippen molar-refractivity contribution in [2.24, 2.45) is 0 Å². The first-order chi connectivity index (χ1) is 19.0. The van der Waals surface area contributed by atoms with E-state index in [1.165, 1.54) is 28.0 Å². The molecular formula is C30H30N6O2S. The van der Waals surface area contributed by atoms with Crippen molar-refractivity contribution in [3.05, 3.63) is 90.1 Å². The maximum atomic E-state index is 11.5. The zero-order chi connectivity index (χ0) is 27.2. The smallest absolute Gasteiger partial charge is 0.319 e. The Hall–Kier alpha value is -4.34. The number of pyridine rings is 2. The number of benzene rings is 2. The lowest BCUT2D eigenvalue weighted by atomic mass is 10.0. The lowest BCUT2D eigenvalue weighted by molar-refractivity contribution is -0.142. The molecule has 3 heterocycles. The van der Waals surface area contributed by atoms with Gasteiger partial charge in [0, 0.05) is 25.5 Å².